The molecule has 1 N–H and O–H groups in total. The molecule has 4 nitrogen and oxygen atoms in total. The van der Waals surface area contributed by atoms with Gasteiger partial charge in [0.25, 0.3) is 0 Å². The molecule has 17 heavy (non-hydrogen) atoms. The van der Waals surface area contributed by atoms with Gasteiger partial charge in [0, 0.05) is 20.3 Å². The van der Waals surface area contributed by atoms with Gasteiger partial charge in [0.15, 0.2) is 0 Å². The maximum Gasteiger partial charge on any atom is 0.234 e. The van der Waals surface area contributed by atoms with Crippen LogP contribution in [0.3, 0.4) is 0 Å². The Balaban J connectivity index is 2.12. The summed E-state index contributed by atoms with van der Waals surface area (Å²) in [6, 6.07) is 0. The van der Waals surface area contributed by atoms with Crippen molar-refractivity contribution in [1.82, 2.24) is 10.2 Å². The smallest absolute Gasteiger partial charge is 0.234 e. The summed E-state index contributed by atoms with van der Waals surface area (Å²) in [5, 5.41) is 2.94. The van der Waals surface area contributed by atoms with Gasteiger partial charge in [0.1, 0.15) is 0 Å². The average Bonchev–Trinajstić information content (AvgIpc) is 2.50. The van der Waals surface area contributed by atoms with Gasteiger partial charge in [-0.25, -0.2) is 0 Å². The van der Waals surface area contributed by atoms with Crippen LogP contribution in [-0.4, -0.2) is 50.7 Å². The summed E-state index contributed by atoms with van der Waals surface area (Å²) in [5.41, 5.74) is 0. The van der Waals surface area contributed by atoms with Crippen molar-refractivity contribution in [2.75, 3.05) is 39.9 Å². The number of ether oxygens (including phenoxy) is 1. The van der Waals surface area contributed by atoms with E-state index in [1.807, 2.05) is 0 Å². The summed E-state index contributed by atoms with van der Waals surface area (Å²) in [6.45, 7) is 6.41. The van der Waals surface area contributed by atoms with E-state index in [1.165, 1.54) is 19.3 Å². The van der Waals surface area contributed by atoms with E-state index in [9.17, 15) is 4.79 Å². The molecule has 100 valence electrons. The summed E-state index contributed by atoms with van der Waals surface area (Å²) >= 11 is 0. The van der Waals surface area contributed by atoms with Crippen LogP contribution in [0.5, 0.6) is 0 Å². The number of rotatable bonds is 6. The molecule has 0 aromatic carbocycles. The lowest BCUT2D eigenvalue weighted by atomic mass is 10.0. The number of hydrogen-bond donors (Lipinski definition) is 1. The Morgan fingerprint density at radius 3 is 3.00 bits per heavy atom. The third-order valence-corrected chi connectivity index (χ3v) is 3.32. The molecule has 1 unspecified atom stereocenters. The van der Waals surface area contributed by atoms with E-state index in [4.69, 9.17) is 4.74 Å². The van der Waals surface area contributed by atoms with Gasteiger partial charge in [-0.15, -0.1) is 0 Å². The first-order valence-corrected chi connectivity index (χ1v) is 6.70. The molecule has 0 aliphatic carbocycles. The van der Waals surface area contributed by atoms with Gasteiger partial charge in [0.05, 0.1) is 6.54 Å². The van der Waals surface area contributed by atoms with Gasteiger partial charge in [-0.05, 0) is 44.7 Å². The van der Waals surface area contributed by atoms with Crippen molar-refractivity contribution >= 4 is 5.91 Å². The van der Waals surface area contributed by atoms with Crippen molar-refractivity contribution in [3.05, 3.63) is 0 Å². The lowest BCUT2D eigenvalue weighted by Crippen LogP contribution is -2.38. The number of carbonyl (C=O) groups excluding carboxylic acids is 1. The van der Waals surface area contributed by atoms with E-state index in [0.29, 0.717) is 13.2 Å². The summed E-state index contributed by atoms with van der Waals surface area (Å²) < 4.78 is 4.94. The molecule has 0 spiro atoms. The van der Waals surface area contributed by atoms with Gasteiger partial charge in [-0.3, -0.25) is 9.69 Å². The van der Waals surface area contributed by atoms with Crippen molar-refractivity contribution in [3.63, 3.8) is 0 Å². The molecule has 1 fully saturated rings. The van der Waals surface area contributed by atoms with Crippen LogP contribution in [0, 0.1) is 5.92 Å². The lowest BCUT2D eigenvalue weighted by molar-refractivity contribution is -0.122. The Bertz CT molecular complexity index is 221. The fourth-order valence-electron chi connectivity index (χ4n) is 2.18. The maximum atomic E-state index is 11.7. The van der Waals surface area contributed by atoms with Crippen molar-refractivity contribution in [3.8, 4) is 0 Å². The van der Waals surface area contributed by atoms with Crippen LogP contribution < -0.4 is 5.32 Å². The molecular formula is C13H26N2O2. The van der Waals surface area contributed by atoms with Gasteiger partial charge in [0.2, 0.25) is 5.91 Å². The van der Waals surface area contributed by atoms with Crippen LogP contribution in [0.2, 0.25) is 0 Å². The normalized spacial score (nSPS) is 22.1. The monoisotopic (exact) mass is 242 g/mol. The van der Waals surface area contributed by atoms with Gasteiger partial charge < -0.3 is 10.1 Å². The van der Waals surface area contributed by atoms with E-state index in [-0.39, 0.29) is 5.91 Å². The average molecular weight is 242 g/mol. The molecule has 1 atom stereocenters. The van der Waals surface area contributed by atoms with E-state index in [0.717, 1.165) is 32.0 Å². The number of nitrogens with one attached hydrogen (secondary N) is 1. The summed E-state index contributed by atoms with van der Waals surface area (Å²) in [7, 11) is 1.68. The fourth-order valence-corrected chi connectivity index (χ4v) is 2.18. The number of nitrogens with zero attached hydrogens (tertiary/aromatic N) is 1. The van der Waals surface area contributed by atoms with E-state index >= 15 is 0 Å². The molecule has 0 radical (unpaired) electrons. The molecule has 0 saturated carbocycles. The third-order valence-electron chi connectivity index (χ3n) is 3.32. The highest BCUT2D eigenvalue weighted by atomic mass is 16.5. The molecule has 1 saturated heterocycles. The SMILES string of the molecule is COCCCNC(=O)CN1CCCC(C)CC1. The predicted molar refractivity (Wildman–Crippen MR) is 69.0 cm³/mol. The van der Waals surface area contributed by atoms with E-state index in [2.05, 4.69) is 17.1 Å². The molecule has 0 aromatic rings. The molecule has 1 aliphatic rings. The quantitative estimate of drug-likeness (QED) is 0.713. The highest BCUT2D eigenvalue weighted by Gasteiger charge is 2.15. The topological polar surface area (TPSA) is 41.6 Å². The van der Waals surface area contributed by atoms with Crippen molar-refractivity contribution < 1.29 is 9.53 Å². The second-order valence-electron chi connectivity index (χ2n) is 5.01. The molecule has 1 heterocycles. The summed E-state index contributed by atoms with van der Waals surface area (Å²) in [4.78, 5) is 13.9. The molecule has 1 rings (SSSR count). The van der Waals surface area contributed by atoms with E-state index < -0.39 is 0 Å². The molecule has 0 aromatic heterocycles. The molecule has 1 aliphatic heterocycles. The Labute approximate surface area is 105 Å². The van der Waals surface area contributed by atoms with Crippen molar-refractivity contribution in [2.45, 2.75) is 32.6 Å². The van der Waals surface area contributed by atoms with Crippen molar-refractivity contribution in [2.24, 2.45) is 5.92 Å². The minimum absolute atomic E-state index is 0.149. The van der Waals surface area contributed by atoms with E-state index in [1.54, 1.807) is 7.11 Å². The summed E-state index contributed by atoms with van der Waals surface area (Å²) in [5.74, 6) is 0.959. The second kappa shape index (κ2) is 8.48. The maximum absolute atomic E-state index is 11.7. The number of carbonyl (C=O) groups is 1. The molecule has 4 heteroatoms. The van der Waals surface area contributed by atoms with Crippen LogP contribution in [0.4, 0.5) is 0 Å². The summed E-state index contributed by atoms with van der Waals surface area (Å²) in [6.07, 6.45) is 4.63. The van der Waals surface area contributed by atoms with Crippen LogP contribution in [0.15, 0.2) is 0 Å². The fraction of sp³-hybridized carbons (Fsp3) is 0.923. The molecular weight excluding hydrogens is 216 g/mol. The van der Waals surface area contributed by atoms with Crippen LogP contribution in [-0.2, 0) is 9.53 Å². The van der Waals surface area contributed by atoms with Crippen LogP contribution in [0.25, 0.3) is 0 Å². The highest BCUT2D eigenvalue weighted by molar-refractivity contribution is 5.77. The first kappa shape index (κ1) is 14.5. The number of amides is 1. The first-order valence-electron chi connectivity index (χ1n) is 6.70. The molecule has 0 bridgehead atoms. The molecule has 1 amide bonds. The third kappa shape index (κ3) is 6.64. The Hall–Kier alpha value is -0.610. The number of methoxy groups -OCH3 is 1. The van der Waals surface area contributed by atoms with Gasteiger partial charge in [-0.1, -0.05) is 6.92 Å². The van der Waals surface area contributed by atoms with Crippen molar-refractivity contribution in [1.29, 1.82) is 0 Å². The standard InChI is InChI=1S/C13H26N2O2/c1-12-5-3-8-15(9-6-12)11-13(16)14-7-4-10-17-2/h12H,3-11H2,1-2H3,(H,14,16). The Morgan fingerprint density at radius 2 is 2.24 bits per heavy atom. The zero-order chi connectivity index (χ0) is 12.5. The zero-order valence-corrected chi connectivity index (χ0v) is 11.2. The lowest BCUT2D eigenvalue weighted by Gasteiger charge is -2.19. The highest BCUT2D eigenvalue weighted by Crippen LogP contribution is 2.15. The first-order chi connectivity index (χ1) is 8.22. The van der Waals surface area contributed by atoms with Gasteiger partial charge >= 0.3 is 0 Å². The second-order valence-corrected chi connectivity index (χ2v) is 5.01. The predicted octanol–water partition coefficient (Wildman–Crippen LogP) is 1.26. The number of likely N-dealkylation sites (tertiary alicyclic amines) is 1. The minimum atomic E-state index is 0.149. The Morgan fingerprint density at radius 1 is 1.41 bits per heavy atom. The largest absolute Gasteiger partial charge is 0.385 e. The number of hydrogen-bond acceptors (Lipinski definition) is 3. The van der Waals surface area contributed by atoms with Crippen LogP contribution in [0.1, 0.15) is 32.6 Å². The van der Waals surface area contributed by atoms with Gasteiger partial charge in [-0.2, -0.15) is 0 Å². The zero-order valence-electron chi connectivity index (χ0n) is 11.2. The Kier molecular flexibility index (Phi) is 7.21. The van der Waals surface area contributed by atoms with Crippen LogP contribution >= 0.6 is 0 Å². The minimum Gasteiger partial charge on any atom is -0.385 e.